The molecule has 4 nitrogen and oxygen atoms in total. The lowest BCUT2D eigenvalue weighted by atomic mass is 10.1. The third kappa shape index (κ3) is 5.67. The Kier molecular flexibility index (Phi) is 8.53. The van der Waals surface area contributed by atoms with Gasteiger partial charge in [-0.05, 0) is 30.2 Å². The number of hydrogen-bond donors (Lipinski definition) is 2. The number of rotatable bonds is 5. The number of nitrogens with zero attached hydrogens (tertiary/aromatic N) is 1. The predicted molar refractivity (Wildman–Crippen MR) is 107 cm³/mol. The van der Waals surface area contributed by atoms with E-state index in [4.69, 9.17) is 4.74 Å². The molecule has 0 heterocycles. The van der Waals surface area contributed by atoms with E-state index in [0.29, 0.717) is 12.5 Å². The van der Waals surface area contributed by atoms with E-state index in [1.54, 1.807) is 13.1 Å². The van der Waals surface area contributed by atoms with Crippen molar-refractivity contribution in [3.63, 3.8) is 0 Å². The molecule has 0 saturated heterocycles. The molecule has 130 valence electrons. The van der Waals surface area contributed by atoms with Crippen molar-refractivity contribution in [3.8, 4) is 5.75 Å². The van der Waals surface area contributed by atoms with Crippen LogP contribution in [0, 0.1) is 5.82 Å². The second kappa shape index (κ2) is 10.1. The predicted octanol–water partition coefficient (Wildman–Crippen LogP) is 3.88. The number of guanidine groups is 1. The molecule has 2 aromatic carbocycles. The summed E-state index contributed by atoms with van der Waals surface area (Å²) < 4.78 is 18.6. The standard InChI is InChI=1S/C18H22FN3O.HI/c1-13(15-7-5-4-6-8-15)22-18(20-2)21-12-14-9-10-17(23-3)16(19)11-14;/h4-11,13H,12H2,1-3H3,(H2,20,21,22);1H. The minimum atomic E-state index is -0.368. The van der Waals surface area contributed by atoms with Crippen LogP contribution >= 0.6 is 24.0 Å². The van der Waals surface area contributed by atoms with E-state index in [2.05, 4.69) is 34.7 Å². The van der Waals surface area contributed by atoms with Gasteiger partial charge in [0.25, 0.3) is 0 Å². The molecule has 2 N–H and O–H groups in total. The van der Waals surface area contributed by atoms with Crippen LogP contribution in [0.2, 0.25) is 0 Å². The van der Waals surface area contributed by atoms with Crippen molar-refractivity contribution >= 4 is 29.9 Å². The summed E-state index contributed by atoms with van der Waals surface area (Å²) >= 11 is 0. The van der Waals surface area contributed by atoms with Crippen LogP contribution in [-0.4, -0.2) is 20.1 Å². The van der Waals surface area contributed by atoms with E-state index in [0.717, 1.165) is 5.56 Å². The molecule has 6 heteroatoms. The first-order chi connectivity index (χ1) is 11.1. The summed E-state index contributed by atoms with van der Waals surface area (Å²) in [7, 11) is 3.16. The molecule has 0 amide bonds. The largest absolute Gasteiger partial charge is 0.494 e. The second-order valence-electron chi connectivity index (χ2n) is 5.17. The van der Waals surface area contributed by atoms with E-state index in [1.165, 1.54) is 18.7 Å². The highest BCUT2D eigenvalue weighted by molar-refractivity contribution is 14.0. The molecule has 0 aliphatic heterocycles. The van der Waals surface area contributed by atoms with Gasteiger partial charge in [-0.1, -0.05) is 36.4 Å². The van der Waals surface area contributed by atoms with Gasteiger partial charge in [-0.15, -0.1) is 24.0 Å². The Hall–Kier alpha value is -1.83. The molecule has 2 aromatic rings. The molecule has 0 radical (unpaired) electrons. The van der Waals surface area contributed by atoms with Crippen molar-refractivity contribution in [1.82, 2.24) is 10.6 Å². The van der Waals surface area contributed by atoms with Gasteiger partial charge < -0.3 is 15.4 Å². The topological polar surface area (TPSA) is 45.7 Å². The summed E-state index contributed by atoms with van der Waals surface area (Å²) in [6, 6.07) is 15.1. The monoisotopic (exact) mass is 443 g/mol. The number of methoxy groups -OCH3 is 1. The zero-order chi connectivity index (χ0) is 16.7. The maximum atomic E-state index is 13.7. The fourth-order valence-electron chi connectivity index (χ4n) is 2.23. The smallest absolute Gasteiger partial charge is 0.191 e. The average molecular weight is 443 g/mol. The lowest BCUT2D eigenvalue weighted by Gasteiger charge is -2.18. The van der Waals surface area contributed by atoms with Gasteiger partial charge in [-0.2, -0.15) is 0 Å². The summed E-state index contributed by atoms with van der Waals surface area (Å²) in [5.74, 6) is 0.541. The number of aliphatic imine (C=N–C) groups is 1. The third-order valence-corrected chi connectivity index (χ3v) is 3.55. The normalized spacial score (nSPS) is 12.1. The van der Waals surface area contributed by atoms with Gasteiger partial charge in [-0.3, -0.25) is 4.99 Å². The first-order valence-electron chi connectivity index (χ1n) is 7.48. The lowest BCUT2D eigenvalue weighted by Crippen LogP contribution is -2.38. The Morgan fingerprint density at radius 1 is 1.21 bits per heavy atom. The second-order valence-corrected chi connectivity index (χ2v) is 5.17. The van der Waals surface area contributed by atoms with E-state index >= 15 is 0 Å². The molecule has 0 spiro atoms. The van der Waals surface area contributed by atoms with Crippen LogP contribution in [0.3, 0.4) is 0 Å². The highest BCUT2D eigenvalue weighted by atomic mass is 127. The number of halogens is 2. The Morgan fingerprint density at radius 3 is 2.50 bits per heavy atom. The first-order valence-corrected chi connectivity index (χ1v) is 7.48. The molecule has 0 aromatic heterocycles. The molecular formula is C18H23FIN3O. The summed E-state index contributed by atoms with van der Waals surface area (Å²) in [5, 5.41) is 6.49. The molecule has 24 heavy (non-hydrogen) atoms. The van der Waals surface area contributed by atoms with E-state index in [-0.39, 0.29) is 41.6 Å². The highest BCUT2D eigenvalue weighted by Gasteiger charge is 2.08. The third-order valence-electron chi connectivity index (χ3n) is 3.55. The quantitative estimate of drug-likeness (QED) is 0.419. The summed E-state index contributed by atoms with van der Waals surface area (Å²) in [6.45, 7) is 2.54. The van der Waals surface area contributed by atoms with E-state index < -0.39 is 0 Å². The number of nitrogens with one attached hydrogen (secondary N) is 2. The fourth-order valence-corrected chi connectivity index (χ4v) is 2.23. The first kappa shape index (κ1) is 20.2. The summed E-state index contributed by atoms with van der Waals surface area (Å²) in [6.07, 6.45) is 0. The van der Waals surface area contributed by atoms with E-state index in [9.17, 15) is 4.39 Å². The van der Waals surface area contributed by atoms with E-state index in [1.807, 2.05) is 24.3 Å². The molecule has 1 unspecified atom stereocenters. The molecule has 1 atom stereocenters. The highest BCUT2D eigenvalue weighted by Crippen LogP contribution is 2.17. The number of hydrogen-bond acceptors (Lipinski definition) is 2. The van der Waals surface area contributed by atoms with Crippen molar-refractivity contribution in [2.45, 2.75) is 19.5 Å². The average Bonchev–Trinajstić information content (AvgIpc) is 2.59. The van der Waals surface area contributed by atoms with Gasteiger partial charge in [-0.25, -0.2) is 4.39 Å². The van der Waals surface area contributed by atoms with Crippen LogP contribution in [0.4, 0.5) is 4.39 Å². The maximum Gasteiger partial charge on any atom is 0.191 e. The van der Waals surface area contributed by atoms with Crippen molar-refractivity contribution in [1.29, 1.82) is 0 Å². The minimum Gasteiger partial charge on any atom is -0.494 e. The van der Waals surface area contributed by atoms with Crippen LogP contribution in [0.15, 0.2) is 53.5 Å². The Morgan fingerprint density at radius 2 is 1.92 bits per heavy atom. The van der Waals surface area contributed by atoms with Crippen LogP contribution < -0.4 is 15.4 Å². The molecule has 0 bridgehead atoms. The van der Waals surface area contributed by atoms with Crippen molar-refractivity contribution in [3.05, 3.63) is 65.5 Å². The fraction of sp³-hybridized carbons (Fsp3) is 0.278. The van der Waals surface area contributed by atoms with Gasteiger partial charge in [0, 0.05) is 13.6 Å². The number of ether oxygens (including phenoxy) is 1. The Bertz CT molecular complexity index is 665. The van der Waals surface area contributed by atoms with Crippen LogP contribution in [0.25, 0.3) is 0 Å². The van der Waals surface area contributed by atoms with Gasteiger partial charge in [0.05, 0.1) is 13.2 Å². The molecule has 0 aliphatic rings. The van der Waals surface area contributed by atoms with Crippen molar-refractivity contribution in [2.75, 3.05) is 14.2 Å². The molecule has 0 saturated carbocycles. The zero-order valence-electron chi connectivity index (χ0n) is 14.0. The van der Waals surface area contributed by atoms with Crippen molar-refractivity contribution < 1.29 is 9.13 Å². The van der Waals surface area contributed by atoms with Gasteiger partial charge in [0.15, 0.2) is 17.5 Å². The molecule has 0 aliphatic carbocycles. The molecule has 2 rings (SSSR count). The van der Waals surface area contributed by atoms with Crippen LogP contribution in [0.1, 0.15) is 24.1 Å². The molecule has 0 fully saturated rings. The maximum absolute atomic E-state index is 13.7. The van der Waals surface area contributed by atoms with Crippen molar-refractivity contribution in [2.24, 2.45) is 4.99 Å². The number of benzene rings is 2. The van der Waals surface area contributed by atoms with Crippen LogP contribution in [0.5, 0.6) is 5.75 Å². The van der Waals surface area contributed by atoms with Gasteiger partial charge in [0.1, 0.15) is 0 Å². The molecular weight excluding hydrogens is 420 g/mol. The Labute approximate surface area is 159 Å². The Balaban J connectivity index is 0.00000288. The SMILES string of the molecule is CN=C(NCc1ccc(OC)c(F)c1)NC(C)c1ccccc1.I. The zero-order valence-corrected chi connectivity index (χ0v) is 16.4. The van der Waals surface area contributed by atoms with Gasteiger partial charge >= 0.3 is 0 Å². The summed E-state index contributed by atoms with van der Waals surface area (Å²) in [4.78, 5) is 4.20. The lowest BCUT2D eigenvalue weighted by molar-refractivity contribution is 0.386. The summed E-state index contributed by atoms with van der Waals surface area (Å²) in [5.41, 5.74) is 1.99. The van der Waals surface area contributed by atoms with Crippen LogP contribution in [-0.2, 0) is 6.54 Å². The minimum absolute atomic E-state index is 0. The van der Waals surface area contributed by atoms with Gasteiger partial charge in [0.2, 0.25) is 0 Å².